The zero-order chi connectivity index (χ0) is 14.8. The number of nitrogens with one attached hydrogen (secondary N) is 1. The molecule has 0 spiro atoms. The first-order chi connectivity index (χ1) is 9.44. The number of halogens is 1. The number of carbonyl (C=O) groups excluding carboxylic acids is 1. The molecule has 108 valence electrons. The van der Waals surface area contributed by atoms with E-state index in [-0.39, 0.29) is 18.2 Å². The van der Waals surface area contributed by atoms with E-state index >= 15 is 0 Å². The van der Waals surface area contributed by atoms with E-state index in [2.05, 4.69) is 21.2 Å². The van der Waals surface area contributed by atoms with Crippen LogP contribution in [-0.4, -0.2) is 23.5 Å². The quantitative estimate of drug-likeness (QED) is 0.837. The number of carboxylic acids is 1. The molecule has 1 amide bonds. The highest BCUT2D eigenvalue weighted by Gasteiger charge is 2.51. The molecule has 1 aromatic carbocycles. The molecule has 0 radical (unpaired) electrons. The van der Waals surface area contributed by atoms with Crippen molar-refractivity contribution < 1.29 is 14.7 Å². The Hall–Kier alpha value is -1.36. The first-order valence-electron chi connectivity index (χ1n) is 6.70. The van der Waals surface area contributed by atoms with Crippen LogP contribution >= 0.6 is 15.9 Å². The van der Waals surface area contributed by atoms with E-state index in [1.165, 1.54) is 0 Å². The van der Waals surface area contributed by atoms with Crippen molar-refractivity contribution in [3.05, 3.63) is 34.3 Å². The van der Waals surface area contributed by atoms with Gasteiger partial charge in [0.1, 0.15) is 0 Å². The molecule has 20 heavy (non-hydrogen) atoms. The molecule has 1 unspecified atom stereocenters. The highest BCUT2D eigenvalue weighted by molar-refractivity contribution is 9.10. The fourth-order valence-corrected chi connectivity index (χ4v) is 2.76. The average molecular weight is 340 g/mol. The summed E-state index contributed by atoms with van der Waals surface area (Å²) >= 11 is 3.42. The summed E-state index contributed by atoms with van der Waals surface area (Å²) in [7, 11) is 0. The number of carboxylic acid groups (broad SMARTS) is 1. The first kappa shape index (κ1) is 15.0. The Morgan fingerprint density at radius 1 is 1.45 bits per heavy atom. The maximum atomic E-state index is 12.4. The Morgan fingerprint density at radius 2 is 2.15 bits per heavy atom. The molecule has 1 aromatic rings. The number of amides is 1. The predicted octanol–water partition coefficient (Wildman–Crippen LogP) is 2.71. The maximum absolute atomic E-state index is 12.4. The van der Waals surface area contributed by atoms with Crippen molar-refractivity contribution in [1.29, 1.82) is 0 Å². The van der Waals surface area contributed by atoms with E-state index in [1.54, 1.807) is 0 Å². The standard InChI is InChI=1S/C15H18BrNO3/c1-10(7-13(18)19)9-17-14(20)15(5-6-15)11-3-2-4-12(16)8-11/h2-4,8,10H,5-7,9H2,1H3,(H,17,20)(H,18,19). The second kappa shape index (κ2) is 5.95. The van der Waals surface area contributed by atoms with Crippen molar-refractivity contribution >= 4 is 27.8 Å². The van der Waals surface area contributed by atoms with Gasteiger partial charge in [0.2, 0.25) is 5.91 Å². The van der Waals surface area contributed by atoms with Gasteiger partial charge in [-0.2, -0.15) is 0 Å². The third-order valence-corrected chi connectivity index (χ3v) is 4.19. The van der Waals surface area contributed by atoms with Crippen LogP contribution in [0.15, 0.2) is 28.7 Å². The van der Waals surface area contributed by atoms with Crippen LogP contribution in [0.1, 0.15) is 31.7 Å². The van der Waals surface area contributed by atoms with Crippen LogP contribution in [-0.2, 0) is 15.0 Å². The summed E-state index contributed by atoms with van der Waals surface area (Å²) in [6.07, 6.45) is 1.77. The molecule has 5 heteroatoms. The van der Waals surface area contributed by atoms with Gasteiger partial charge >= 0.3 is 5.97 Å². The van der Waals surface area contributed by atoms with Crippen molar-refractivity contribution in [2.45, 2.75) is 31.6 Å². The SMILES string of the molecule is CC(CNC(=O)C1(c2cccc(Br)c2)CC1)CC(=O)O. The zero-order valence-corrected chi connectivity index (χ0v) is 12.9. The van der Waals surface area contributed by atoms with Crippen molar-refractivity contribution in [3.8, 4) is 0 Å². The lowest BCUT2D eigenvalue weighted by Gasteiger charge is -2.18. The molecule has 0 heterocycles. The van der Waals surface area contributed by atoms with E-state index in [4.69, 9.17) is 5.11 Å². The Bertz CT molecular complexity index is 526. The number of benzene rings is 1. The van der Waals surface area contributed by atoms with Crippen LogP contribution in [0.2, 0.25) is 0 Å². The van der Waals surface area contributed by atoms with E-state index in [1.807, 2.05) is 31.2 Å². The molecular formula is C15H18BrNO3. The Balaban J connectivity index is 1.97. The third-order valence-electron chi connectivity index (χ3n) is 3.70. The summed E-state index contributed by atoms with van der Waals surface area (Å²) in [5, 5.41) is 11.6. The molecule has 1 aliphatic rings. The van der Waals surface area contributed by atoms with E-state index in [0.29, 0.717) is 6.54 Å². The molecule has 0 bridgehead atoms. The minimum Gasteiger partial charge on any atom is -0.481 e. The van der Waals surface area contributed by atoms with Gasteiger partial charge in [0.15, 0.2) is 0 Å². The van der Waals surface area contributed by atoms with Crippen LogP contribution in [0.3, 0.4) is 0 Å². The summed E-state index contributed by atoms with van der Waals surface area (Å²) in [5.74, 6) is -0.887. The van der Waals surface area contributed by atoms with Gasteiger partial charge in [0.25, 0.3) is 0 Å². The summed E-state index contributed by atoms with van der Waals surface area (Å²) in [6, 6.07) is 7.82. The molecule has 1 aliphatic carbocycles. The molecule has 2 rings (SSSR count). The average Bonchev–Trinajstić information content (AvgIpc) is 3.16. The Morgan fingerprint density at radius 3 is 2.70 bits per heavy atom. The summed E-state index contributed by atoms with van der Waals surface area (Å²) in [5.41, 5.74) is 0.613. The van der Waals surface area contributed by atoms with Gasteiger partial charge in [0, 0.05) is 17.4 Å². The normalized spacial score (nSPS) is 17.3. The van der Waals surface area contributed by atoms with Crippen molar-refractivity contribution in [2.24, 2.45) is 5.92 Å². The van der Waals surface area contributed by atoms with Gasteiger partial charge in [0.05, 0.1) is 5.41 Å². The maximum Gasteiger partial charge on any atom is 0.303 e. The van der Waals surface area contributed by atoms with Crippen LogP contribution in [0, 0.1) is 5.92 Å². The van der Waals surface area contributed by atoms with E-state index in [0.717, 1.165) is 22.9 Å². The van der Waals surface area contributed by atoms with Gasteiger partial charge < -0.3 is 10.4 Å². The molecule has 0 saturated heterocycles. The van der Waals surface area contributed by atoms with Crippen LogP contribution in [0.5, 0.6) is 0 Å². The Kier molecular flexibility index (Phi) is 4.48. The van der Waals surface area contributed by atoms with Gasteiger partial charge in [-0.05, 0) is 36.5 Å². The molecule has 1 fully saturated rings. The van der Waals surface area contributed by atoms with E-state index in [9.17, 15) is 9.59 Å². The lowest BCUT2D eigenvalue weighted by molar-refractivity contribution is -0.138. The number of hydrogen-bond donors (Lipinski definition) is 2. The highest BCUT2D eigenvalue weighted by Crippen LogP contribution is 2.48. The number of hydrogen-bond acceptors (Lipinski definition) is 2. The van der Waals surface area contributed by atoms with Gasteiger partial charge in [-0.3, -0.25) is 9.59 Å². The minimum absolute atomic E-state index is 0.00726. The van der Waals surface area contributed by atoms with Crippen molar-refractivity contribution in [1.82, 2.24) is 5.32 Å². The summed E-state index contributed by atoms with van der Waals surface area (Å²) in [6.45, 7) is 2.23. The molecule has 0 aliphatic heterocycles. The van der Waals surface area contributed by atoms with Gasteiger partial charge in [-0.15, -0.1) is 0 Å². The first-order valence-corrected chi connectivity index (χ1v) is 7.49. The molecule has 4 nitrogen and oxygen atoms in total. The molecular weight excluding hydrogens is 322 g/mol. The lowest BCUT2D eigenvalue weighted by atomic mass is 9.94. The smallest absolute Gasteiger partial charge is 0.303 e. The highest BCUT2D eigenvalue weighted by atomic mass is 79.9. The summed E-state index contributed by atoms with van der Waals surface area (Å²) < 4.78 is 0.966. The number of carbonyl (C=O) groups is 2. The molecule has 1 atom stereocenters. The lowest BCUT2D eigenvalue weighted by Crippen LogP contribution is -2.37. The van der Waals surface area contributed by atoms with Crippen LogP contribution < -0.4 is 5.32 Å². The molecule has 2 N–H and O–H groups in total. The topological polar surface area (TPSA) is 66.4 Å². The fourth-order valence-electron chi connectivity index (χ4n) is 2.36. The molecule has 0 aromatic heterocycles. The number of rotatable bonds is 6. The van der Waals surface area contributed by atoms with Gasteiger partial charge in [-0.1, -0.05) is 35.0 Å². The minimum atomic E-state index is -0.833. The van der Waals surface area contributed by atoms with Crippen LogP contribution in [0.25, 0.3) is 0 Å². The van der Waals surface area contributed by atoms with Crippen LogP contribution in [0.4, 0.5) is 0 Å². The predicted molar refractivity (Wildman–Crippen MR) is 79.5 cm³/mol. The van der Waals surface area contributed by atoms with Crippen molar-refractivity contribution in [2.75, 3.05) is 6.54 Å². The fraction of sp³-hybridized carbons (Fsp3) is 0.467. The number of aliphatic carboxylic acids is 1. The largest absolute Gasteiger partial charge is 0.481 e. The van der Waals surface area contributed by atoms with Gasteiger partial charge in [-0.25, -0.2) is 0 Å². The third kappa shape index (κ3) is 3.39. The summed E-state index contributed by atoms with van der Waals surface area (Å²) in [4.78, 5) is 23.0. The zero-order valence-electron chi connectivity index (χ0n) is 11.4. The second-order valence-corrected chi connectivity index (χ2v) is 6.42. The monoisotopic (exact) mass is 339 g/mol. The Labute approximate surface area is 126 Å². The van der Waals surface area contributed by atoms with Crippen molar-refractivity contribution in [3.63, 3.8) is 0 Å². The van der Waals surface area contributed by atoms with E-state index < -0.39 is 11.4 Å². The second-order valence-electron chi connectivity index (χ2n) is 5.51. The molecule has 1 saturated carbocycles.